The Balaban J connectivity index is 1.54. The number of fused-ring (bicyclic) bond motifs is 1. The number of aromatic nitrogens is 4. The molecule has 0 saturated carbocycles. The Bertz CT molecular complexity index is 1400. The topological polar surface area (TPSA) is 103 Å². The van der Waals surface area contributed by atoms with E-state index in [4.69, 9.17) is 9.47 Å². The minimum Gasteiger partial charge on any atom is -0.494 e. The molecule has 4 aromatic rings. The van der Waals surface area contributed by atoms with Gasteiger partial charge in [0.05, 0.1) is 37.1 Å². The third-order valence-electron chi connectivity index (χ3n) is 6.04. The zero-order valence-corrected chi connectivity index (χ0v) is 20.0. The molecule has 0 radical (unpaired) electrons. The number of aliphatic hydroxyl groups is 1. The summed E-state index contributed by atoms with van der Waals surface area (Å²) in [6, 6.07) is 9.76. The number of hydrogen-bond donors (Lipinski definition) is 1. The largest absolute Gasteiger partial charge is 0.494 e. The highest BCUT2D eigenvalue weighted by Crippen LogP contribution is 2.29. The first-order chi connectivity index (χ1) is 17.5. The summed E-state index contributed by atoms with van der Waals surface area (Å²) in [5.41, 5.74) is 2.32. The summed E-state index contributed by atoms with van der Waals surface area (Å²) in [7, 11) is 0. The molecule has 5 rings (SSSR count). The van der Waals surface area contributed by atoms with Crippen LogP contribution in [0.1, 0.15) is 36.0 Å². The molecule has 0 spiro atoms. The average molecular weight is 492 g/mol. The predicted molar refractivity (Wildman–Crippen MR) is 131 cm³/mol. The van der Waals surface area contributed by atoms with Crippen LogP contribution in [0.25, 0.3) is 28.0 Å². The molecule has 0 aliphatic carbocycles. The van der Waals surface area contributed by atoms with Crippen LogP contribution in [0.3, 0.4) is 0 Å². The molecule has 1 aliphatic rings. The van der Waals surface area contributed by atoms with Crippen LogP contribution in [0.2, 0.25) is 0 Å². The highest BCUT2D eigenvalue weighted by atomic mass is 19.1. The number of carbonyl (C=O) groups is 1. The van der Waals surface area contributed by atoms with Crippen molar-refractivity contribution in [3.05, 3.63) is 65.9 Å². The van der Waals surface area contributed by atoms with Gasteiger partial charge in [-0.3, -0.25) is 4.79 Å². The van der Waals surface area contributed by atoms with Gasteiger partial charge < -0.3 is 19.5 Å². The van der Waals surface area contributed by atoms with Gasteiger partial charge in [-0.15, -0.1) is 0 Å². The van der Waals surface area contributed by atoms with Crippen LogP contribution in [0.4, 0.5) is 4.39 Å². The molecule has 36 heavy (non-hydrogen) atoms. The van der Waals surface area contributed by atoms with Gasteiger partial charge in [0.2, 0.25) is 0 Å². The molecule has 1 unspecified atom stereocenters. The van der Waals surface area contributed by atoms with Gasteiger partial charge in [0.25, 0.3) is 11.9 Å². The van der Waals surface area contributed by atoms with E-state index in [9.17, 15) is 14.3 Å². The van der Waals surface area contributed by atoms with E-state index in [2.05, 4.69) is 15.1 Å². The lowest BCUT2D eigenvalue weighted by molar-refractivity contribution is 0.0303. The number of carbonyl (C=O) groups excluding carboxylic acids is 1. The van der Waals surface area contributed by atoms with E-state index in [0.717, 1.165) is 0 Å². The van der Waals surface area contributed by atoms with E-state index in [1.165, 1.54) is 23.1 Å². The highest BCUT2D eigenvalue weighted by Gasteiger charge is 2.22. The third-order valence-corrected chi connectivity index (χ3v) is 6.04. The second-order valence-electron chi connectivity index (χ2n) is 8.46. The minimum absolute atomic E-state index is 0.104. The summed E-state index contributed by atoms with van der Waals surface area (Å²) >= 11 is 0. The van der Waals surface area contributed by atoms with Gasteiger partial charge in [0.15, 0.2) is 0 Å². The third kappa shape index (κ3) is 4.52. The van der Waals surface area contributed by atoms with Crippen LogP contribution in [0, 0.1) is 5.82 Å². The summed E-state index contributed by atoms with van der Waals surface area (Å²) in [5.74, 6) is 0.262. The fourth-order valence-electron chi connectivity index (χ4n) is 4.23. The van der Waals surface area contributed by atoms with E-state index >= 15 is 0 Å². The quantitative estimate of drug-likeness (QED) is 0.440. The predicted octanol–water partition coefficient (Wildman–Crippen LogP) is 3.55. The summed E-state index contributed by atoms with van der Waals surface area (Å²) in [4.78, 5) is 23.6. The first-order valence-electron chi connectivity index (χ1n) is 11.8. The normalized spacial score (nSPS) is 14.7. The molecule has 1 atom stereocenters. The van der Waals surface area contributed by atoms with Crippen LogP contribution >= 0.6 is 0 Å². The first kappa shape index (κ1) is 23.8. The van der Waals surface area contributed by atoms with Crippen molar-refractivity contribution < 1.29 is 23.8 Å². The van der Waals surface area contributed by atoms with Crippen molar-refractivity contribution in [1.82, 2.24) is 24.6 Å². The number of morpholine rings is 1. The molecule has 1 fully saturated rings. The first-order valence-corrected chi connectivity index (χ1v) is 11.8. The molecular formula is C26H26FN5O4. The number of halogens is 1. The molecule has 1 amide bonds. The van der Waals surface area contributed by atoms with E-state index in [1.54, 1.807) is 42.2 Å². The van der Waals surface area contributed by atoms with Crippen LogP contribution < -0.4 is 4.74 Å². The number of hydrogen-bond acceptors (Lipinski definition) is 7. The minimum atomic E-state index is -0.843. The van der Waals surface area contributed by atoms with E-state index in [-0.39, 0.29) is 11.9 Å². The molecule has 3 heterocycles. The van der Waals surface area contributed by atoms with Gasteiger partial charge in [0, 0.05) is 47.6 Å². The van der Waals surface area contributed by atoms with Crippen molar-refractivity contribution in [2.24, 2.45) is 0 Å². The lowest BCUT2D eigenvalue weighted by Gasteiger charge is -2.26. The molecule has 1 aliphatic heterocycles. The highest BCUT2D eigenvalue weighted by molar-refractivity contribution is 5.98. The monoisotopic (exact) mass is 491 g/mol. The summed E-state index contributed by atoms with van der Waals surface area (Å²) < 4.78 is 26.8. The second kappa shape index (κ2) is 10.00. The van der Waals surface area contributed by atoms with Gasteiger partial charge in [-0.1, -0.05) is 6.07 Å². The molecule has 10 heteroatoms. The van der Waals surface area contributed by atoms with E-state index < -0.39 is 11.9 Å². The van der Waals surface area contributed by atoms with E-state index in [0.29, 0.717) is 71.9 Å². The molecule has 9 nitrogen and oxygen atoms in total. The van der Waals surface area contributed by atoms with Gasteiger partial charge in [-0.2, -0.15) is 9.78 Å². The fraction of sp³-hybridized carbons (Fsp3) is 0.308. The Morgan fingerprint density at radius 3 is 2.61 bits per heavy atom. The molecule has 1 N–H and O–H groups in total. The van der Waals surface area contributed by atoms with Gasteiger partial charge in [0.1, 0.15) is 11.6 Å². The molecule has 186 valence electrons. The summed E-state index contributed by atoms with van der Waals surface area (Å²) in [5, 5.41) is 15.5. The number of nitrogens with zero attached hydrogens (tertiary/aromatic N) is 5. The maximum atomic E-state index is 14.5. The van der Waals surface area contributed by atoms with Crippen LogP contribution in [0.5, 0.6) is 5.75 Å². The van der Waals surface area contributed by atoms with Crippen LogP contribution in [-0.2, 0) is 4.74 Å². The Morgan fingerprint density at radius 1 is 1.17 bits per heavy atom. The van der Waals surface area contributed by atoms with Gasteiger partial charge >= 0.3 is 0 Å². The maximum Gasteiger partial charge on any atom is 0.254 e. The van der Waals surface area contributed by atoms with Gasteiger partial charge in [-0.05, 0) is 44.2 Å². The van der Waals surface area contributed by atoms with Crippen LogP contribution in [-0.4, -0.2) is 68.6 Å². The van der Waals surface area contributed by atoms with Crippen molar-refractivity contribution in [3.63, 3.8) is 0 Å². The lowest BCUT2D eigenvalue weighted by atomic mass is 10.1. The Morgan fingerprint density at radius 2 is 1.92 bits per heavy atom. The van der Waals surface area contributed by atoms with Crippen LogP contribution in [0.15, 0.2) is 48.8 Å². The number of ether oxygens (including phenoxy) is 2. The Kier molecular flexibility index (Phi) is 6.62. The molecule has 0 bridgehead atoms. The van der Waals surface area contributed by atoms with Crippen molar-refractivity contribution in [3.8, 4) is 22.8 Å². The molecular weight excluding hydrogens is 465 g/mol. The van der Waals surface area contributed by atoms with Gasteiger partial charge in [-0.25, -0.2) is 14.4 Å². The zero-order chi connectivity index (χ0) is 25.2. The van der Waals surface area contributed by atoms with Crippen molar-refractivity contribution >= 4 is 16.8 Å². The fourth-order valence-corrected chi connectivity index (χ4v) is 4.23. The SMILES string of the molecule is CCOc1ccc(F)c(-c2cnc(-n3nc(C(C)O)c4ccc(C(=O)N5CCOCC5)cc43)nc2)c1. The number of benzene rings is 2. The average Bonchev–Trinajstić information content (AvgIpc) is 3.29. The standard InChI is InChI=1S/C26H26FN5O4/c1-3-36-19-5-7-22(27)21(13-19)18-14-28-26(29-15-18)32-23-12-17(25(34)31-8-10-35-11-9-31)4-6-20(23)24(30-32)16(2)33/h4-7,12-16,33H,3,8-11H2,1-2H3. The maximum absolute atomic E-state index is 14.5. The van der Waals surface area contributed by atoms with E-state index in [1.807, 2.05) is 6.92 Å². The summed E-state index contributed by atoms with van der Waals surface area (Å²) in [6.07, 6.45) is 2.17. The molecule has 1 saturated heterocycles. The van der Waals surface area contributed by atoms with Crippen molar-refractivity contribution in [2.45, 2.75) is 20.0 Å². The van der Waals surface area contributed by atoms with Crippen molar-refractivity contribution in [1.29, 1.82) is 0 Å². The Hall–Kier alpha value is -3.89. The molecule has 2 aromatic heterocycles. The number of aliphatic hydroxyl groups excluding tert-OH is 1. The number of amides is 1. The molecule has 2 aromatic carbocycles. The van der Waals surface area contributed by atoms with Crippen molar-refractivity contribution in [2.75, 3.05) is 32.9 Å². The smallest absolute Gasteiger partial charge is 0.254 e. The second-order valence-corrected chi connectivity index (χ2v) is 8.46. The summed E-state index contributed by atoms with van der Waals surface area (Å²) in [6.45, 7) is 6.02. The zero-order valence-electron chi connectivity index (χ0n) is 20.0. The lowest BCUT2D eigenvalue weighted by Crippen LogP contribution is -2.40. The number of rotatable bonds is 6. The Labute approximate surface area is 207 Å².